The Labute approximate surface area is 83.9 Å². The zero-order valence-corrected chi connectivity index (χ0v) is 8.49. The number of hydrogen-bond donors (Lipinski definition) is 0. The first-order chi connectivity index (χ1) is 6.58. The predicted molar refractivity (Wildman–Crippen MR) is 54.0 cm³/mol. The van der Waals surface area contributed by atoms with Gasteiger partial charge in [0.1, 0.15) is 5.60 Å². The molecule has 1 aliphatic rings. The number of carbonyl (C=O) groups excluding carboxylic acids is 1. The summed E-state index contributed by atoms with van der Waals surface area (Å²) >= 11 is 0. The molecule has 0 saturated carbocycles. The Balaban J connectivity index is 2.26. The van der Waals surface area contributed by atoms with Crippen molar-refractivity contribution >= 4 is 5.97 Å². The fraction of sp³-hybridized carbons (Fsp3) is 0.417. The number of benzene rings is 1. The van der Waals surface area contributed by atoms with Crippen molar-refractivity contribution in [2.75, 3.05) is 0 Å². The van der Waals surface area contributed by atoms with Crippen LogP contribution in [0.4, 0.5) is 0 Å². The molecule has 1 aromatic carbocycles. The second-order valence-electron chi connectivity index (χ2n) is 4.35. The fourth-order valence-corrected chi connectivity index (χ4v) is 1.90. The van der Waals surface area contributed by atoms with Crippen molar-refractivity contribution in [3.8, 4) is 0 Å². The Morgan fingerprint density at radius 2 is 1.93 bits per heavy atom. The summed E-state index contributed by atoms with van der Waals surface area (Å²) in [5.41, 5.74) is 0.750. The summed E-state index contributed by atoms with van der Waals surface area (Å²) in [7, 11) is 0. The number of cyclic esters (lactones) is 1. The molecule has 74 valence electrons. The molecular formula is C12H14O2. The zero-order valence-electron chi connectivity index (χ0n) is 8.49. The molecule has 1 saturated heterocycles. The molecule has 1 heterocycles. The number of hydrogen-bond acceptors (Lipinski definition) is 2. The van der Waals surface area contributed by atoms with E-state index in [1.165, 1.54) is 0 Å². The molecule has 0 aliphatic carbocycles. The van der Waals surface area contributed by atoms with Crippen molar-refractivity contribution < 1.29 is 9.53 Å². The topological polar surface area (TPSA) is 26.3 Å². The van der Waals surface area contributed by atoms with E-state index in [1.54, 1.807) is 0 Å². The third-order valence-corrected chi connectivity index (χ3v) is 2.56. The molecule has 1 fully saturated rings. The largest absolute Gasteiger partial charge is 0.459 e. The first-order valence-corrected chi connectivity index (χ1v) is 4.86. The van der Waals surface area contributed by atoms with E-state index >= 15 is 0 Å². The summed E-state index contributed by atoms with van der Waals surface area (Å²) in [4.78, 5) is 11.6. The highest BCUT2D eigenvalue weighted by molar-refractivity contribution is 5.80. The molecule has 0 radical (unpaired) electrons. The number of ether oxygens (including phenoxy) is 1. The molecule has 2 nitrogen and oxygen atoms in total. The molecule has 0 amide bonds. The van der Waals surface area contributed by atoms with Crippen molar-refractivity contribution in [1.29, 1.82) is 0 Å². The average Bonchev–Trinajstić information content (AvgIpc) is 2.41. The molecule has 1 unspecified atom stereocenters. The highest BCUT2D eigenvalue weighted by atomic mass is 16.6. The van der Waals surface area contributed by atoms with Gasteiger partial charge < -0.3 is 4.74 Å². The van der Waals surface area contributed by atoms with E-state index in [0.717, 1.165) is 12.0 Å². The van der Waals surface area contributed by atoms with Gasteiger partial charge >= 0.3 is 5.97 Å². The lowest BCUT2D eigenvalue weighted by Gasteiger charge is -2.14. The molecule has 0 N–H and O–H groups in total. The maximum Gasteiger partial charge on any atom is 0.314 e. The van der Waals surface area contributed by atoms with Crippen molar-refractivity contribution in [2.24, 2.45) is 0 Å². The van der Waals surface area contributed by atoms with Crippen molar-refractivity contribution in [1.82, 2.24) is 0 Å². The molecule has 1 aliphatic heterocycles. The molecule has 2 rings (SSSR count). The number of carbonyl (C=O) groups is 1. The van der Waals surface area contributed by atoms with Gasteiger partial charge in [0.25, 0.3) is 0 Å². The van der Waals surface area contributed by atoms with Crippen LogP contribution in [0, 0.1) is 0 Å². The van der Waals surface area contributed by atoms with Crippen LogP contribution in [0.5, 0.6) is 0 Å². The Morgan fingerprint density at radius 1 is 1.29 bits per heavy atom. The fourth-order valence-electron chi connectivity index (χ4n) is 1.90. The normalized spacial score (nSPS) is 24.7. The zero-order chi connectivity index (χ0) is 10.2. The van der Waals surface area contributed by atoms with Gasteiger partial charge in [0.2, 0.25) is 0 Å². The van der Waals surface area contributed by atoms with Gasteiger partial charge in [-0.3, -0.25) is 4.79 Å². The van der Waals surface area contributed by atoms with Gasteiger partial charge in [-0.1, -0.05) is 30.3 Å². The van der Waals surface area contributed by atoms with Crippen LogP contribution >= 0.6 is 0 Å². The summed E-state index contributed by atoms with van der Waals surface area (Å²) in [6, 6.07) is 9.82. The minimum atomic E-state index is -0.308. The van der Waals surface area contributed by atoms with Gasteiger partial charge in [-0.15, -0.1) is 0 Å². The Bertz CT molecular complexity index is 341. The Morgan fingerprint density at radius 3 is 2.43 bits per heavy atom. The first-order valence-electron chi connectivity index (χ1n) is 4.86. The lowest BCUT2D eigenvalue weighted by molar-refractivity contribution is -0.146. The van der Waals surface area contributed by atoms with Crippen molar-refractivity contribution in [3.63, 3.8) is 0 Å². The monoisotopic (exact) mass is 190 g/mol. The van der Waals surface area contributed by atoms with Gasteiger partial charge in [0.05, 0.1) is 5.92 Å². The van der Waals surface area contributed by atoms with E-state index in [1.807, 2.05) is 44.2 Å². The summed E-state index contributed by atoms with van der Waals surface area (Å²) in [5.74, 6) is -0.174. The smallest absolute Gasteiger partial charge is 0.314 e. The van der Waals surface area contributed by atoms with Crippen molar-refractivity contribution in [2.45, 2.75) is 31.8 Å². The van der Waals surface area contributed by atoms with E-state index in [4.69, 9.17) is 4.74 Å². The van der Waals surface area contributed by atoms with E-state index in [0.29, 0.717) is 0 Å². The van der Waals surface area contributed by atoms with E-state index in [9.17, 15) is 4.79 Å². The minimum Gasteiger partial charge on any atom is -0.459 e. The van der Waals surface area contributed by atoms with Crippen molar-refractivity contribution in [3.05, 3.63) is 35.9 Å². The third kappa shape index (κ3) is 1.65. The SMILES string of the molecule is CC1(C)CC(c2ccccc2)C(=O)O1. The predicted octanol–water partition coefficient (Wildman–Crippen LogP) is 2.50. The second kappa shape index (κ2) is 3.12. The van der Waals surface area contributed by atoms with Gasteiger partial charge in [-0.05, 0) is 19.4 Å². The second-order valence-corrected chi connectivity index (χ2v) is 4.35. The number of rotatable bonds is 1. The van der Waals surface area contributed by atoms with Crippen LogP contribution < -0.4 is 0 Å². The van der Waals surface area contributed by atoms with Gasteiger partial charge in [-0.2, -0.15) is 0 Å². The standard InChI is InChI=1S/C12H14O2/c1-12(2)8-10(11(13)14-12)9-6-4-3-5-7-9/h3-7,10H,8H2,1-2H3. The maximum atomic E-state index is 11.6. The summed E-state index contributed by atoms with van der Waals surface area (Å²) in [6.45, 7) is 3.90. The first kappa shape index (κ1) is 9.25. The molecule has 2 heteroatoms. The van der Waals surface area contributed by atoms with Crippen LogP contribution in [0.25, 0.3) is 0 Å². The summed E-state index contributed by atoms with van der Waals surface area (Å²) < 4.78 is 5.28. The Kier molecular flexibility index (Phi) is 2.06. The molecule has 1 atom stereocenters. The van der Waals surface area contributed by atoms with Crippen LogP contribution in [-0.2, 0) is 9.53 Å². The molecule has 0 aromatic heterocycles. The van der Waals surface area contributed by atoms with Gasteiger partial charge in [0.15, 0.2) is 0 Å². The summed E-state index contributed by atoms with van der Waals surface area (Å²) in [6.07, 6.45) is 0.774. The van der Waals surface area contributed by atoms with E-state index < -0.39 is 0 Å². The molecule has 0 spiro atoms. The molecule has 14 heavy (non-hydrogen) atoms. The van der Waals surface area contributed by atoms with Crippen LogP contribution in [0.2, 0.25) is 0 Å². The highest BCUT2D eigenvalue weighted by Crippen LogP contribution is 2.36. The van der Waals surface area contributed by atoms with Crippen LogP contribution in [-0.4, -0.2) is 11.6 Å². The van der Waals surface area contributed by atoms with E-state index in [-0.39, 0.29) is 17.5 Å². The minimum absolute atomic E-state index is 0.0776. The Hall–Kier alpha value is -1.31. The highest BCUT2D eigenvalue weighted by Gasteiger charge is 2.40. The third-order valence-electron chi connectivity index (χ3n) is 2.56. The molecule has 0 bridgehead atoms. The summed E-state index contributed by atoms with van der Waals surface area (Å²) in [5, 5.41) is 0. The number of esters is 1. The van der Waals surface area contributed by atoms with E-state index in [2.05, 4.69) is 0 Å². The lowest BCUT2D eigenvalue weighted by atomic mass is 9.91. The quantitative estimate of drug-likeness (QED) is 0.636. The lowest BCUT2D eigenvalue weighted by Crippen LogP contribution is -2.17. The molecular weight excluding hydrogens is 176 g/mol. The van der Waals surface area contributed by atoms with Crippen LogP contribution in [0.15, 0.2) is 30.3 Å². The van der Waals surface area contributed by atoms with Gasteiger partial charge in [0, 0.05) is 6.42 Å². The van der Waals surface area contributed by atoms with Gasteiger partial charge in [-0.25, -0.2) is 0 Å². The molecule has 1 aromatic rings. The van der Waals surface area contributed by atoms with Crippen LogP contribution in [0.1, 0.15) is 31.7 Å². The maximum absolute atomic E-state index is 11.6. The average molecular weight is 190 g/mol. The van der Waals surface area contributed by atoms with Crippen LogP contribution in [0.3, 0.4) is 0 Å².